The summed E-state index contributed by atoms with van der Waals surface area (Å²) in [6.07, 6.45) is 2.29. The number of benzene rings is 1. The number of aryl methyl sites for hydroxylation is 2. The second kappa shape index (κ2) is 4.97. The fourth-order valence-electron chi connectivity index (χ4n) is 1.56. The summed E-state index contributed by atoms with van der Waals surface area (Å²) in [4.78, 5) is 0. The van der Waals surface area contributed by atoms with Crippen LogP contribution in [0.15, 0.2) is 24.8 Å². The zero-order valence-corrected chi connectivity index (χ0v) is 9.01. The van der Waals surface area contributed by atoms with E-state index in [2.05, 4.69) is 32.6 Å². The second-order valence-electron chi connectivity index (χ2n) is 3.65. The highest BCUT2D eigenvalue weighted by atomic mass is 16.3. The van der Waals surface area contributed by atoms with Gasteiger partial charge in [0.15, 0.2) is 0 Å². The van der Waals surface area contributed by atoms with Crippen LogP contribution in [0, 0.1) is 6.92 Å². The topological polar surface area (TPSA) is 20.2 Å². The van der Waals surface area contributed by atoms with Crippen LogP contribution in [-0.2, 0) is 6.42 Å². The van der Waals surface area contributed by atoms with E-state index < -0.39 is 0 Å². The molecule has 0 radical (unpaired) electrons. The highest BCUT2D eigenvalue weighted by Crippen LogP contribution is 2.17. The van der Waals surface area contributed by atoms with Crippen molar-refractivity contribution in [1.82, 2.24) is 0 Å². The lowest BCUT2D eigenvalue weighted by molar-refractivity contribution is 0.350. The van der Waals surface area contributed by atoms with Crippen LogP contribution in [0.2, 0.25) is 0 Å². The van der Waals surface area contributed by atoms with Crippen LogP contribution >= 0.6 is 0 Å². The van der Waals surface area contributed by atoms with Crippen molar-refractivity contribution in [3.63, 3.8) is 0 Å². The first kappa shape index (κ1) is 11.0. The summed E-state index contributed by atoms with van der Waals surface area (Å²) in [5.74, 6) is 0. The Hall–Kier alpha value is -1.08. The van der Waals surface area contributed by atoms with Crippen LogP contribution in [0.1, 0.15) is 30.0 Å². The highest BCUT2D eigenvalue weighted by molar-refractivity contribution is 5.64. The van der Waals surface area contributed by atoms with Crippen molar-refractivity contribution in [2.75, 3.05) is 6.61 Å². The van der Waals surface area contributed by atoms with Crippen LogP contribution in [0.4, 0.5) is 0 Å². The van der Waals surface area contributed by atoms with Gasteiger partial charge in [-0.2, -0.15) is 0 Å². The second-order valence-corrected chi connectivity index (χ2v) is 3.65. The molecule has 1 aromatic carbocycles. The smallest absolute Gasteiger partial charge is 0.0681 e. The number of hydrogen-bond acceptors (Lipinski definition) is 1. The van der Waals surface area contributed by atoms with Gasteiger partial charge in [0.1, 0.15) is 0 Å². The minimum Gasteiger partial charge on any atom is -0.392 e. The number of hydrogen-bond donors (Lipinski definition) is 1. The van der Waals surface area contributed by atoms with E-state index in [9.17, 15) is 0 Å². The largest absolute Gasteiger partial charge is 0.392 e. The molecule has 14 heavy (non-hydrogen) atoms. The first-order valence-corrected chi connectivity index (χ1v) is 5.07. The molecular formula is C13H18O. The van der Waals surface area contributed by atoms with Crippen molar-refractivity contribution < 1.29 is 5.11 Å². The Labute approximate surface area is 86.1 Å². The molecule has 0 heterocycles. The van der Waals surface area contributed by atoms with Gasteiger partial charge in [-0.3, -0.25) is 0 Å². The van der Waals surface area contributed by atoms with Crippen molar-refractivity contribution in [1.29, 1.82) is 0 Å². The Morgan fingerprint density at radius 2 is 2.14 bits per heavy atom. The Morgan fingerprint density at radius 1 is 1.43 bits per heavy atom. The van der Waals surface area contributed by atoms with Gasteiger partial charge >= 0.3 is 0 Å². The summed E-state index contributed by atoms with van der Waals surface area (Å²) in [6, 6.07) is 6.27. The van der Waals surface area contributed by atoms with Gasteiger partial charge in [0.05, 0.1) is 6.61 Å². The van der Waals surface area contributed by atoms with Crippen molar-refractivity contribution in [2.45, 2.75) is 26.7 Å². The summed E-state index contributed by atoms with van der Waals surface area (Å²) >= 11 is 0. The predicted molar refractivity (Wildman–Crippen MR) is 61.3 cm³/mol. The minimum absolute atomic E-state index is 0.0343. The molecule has 0 aliphatic carbocycles. The standard InChI is InChI=1S/C13H18O/c1-4-5-12-6-7-13(8-10(12)2)11(3)9-14/h6-8,14H,3-5,9H2,1-2H3. The molecule has 0 saturated carbocycles. The van der Waals surface area contributed by atoms with Gasteiger partial charge in [0.2, 0.25) is 0 Å². The molecule has 76 valence electrons. The summed E-state index contributed by atoms with van der Waals surface area (Å²) in [7, 11) is 0. The SMILES string of the molecule is C=C(CO)c1ccc(CCC)c(C)c1. The van der Waals surface area contributed by atoms with E-state index in [1.807, 2.05) is 6.07 Å². The lowest BCUT2D eigenvalue weighted by atomic mass is 9.99. The molecule has 0 aliphatic heterocycles. The number of rotatable bonds is 4. The first-order valence-electron chi connectivity index (χ1n) is 5.07. The van der Waals surface area contributed by atoms with Crippen LogP contribution < -0.4 is 0 Å². The van der Waals surface area contributed by atoms with Crippen molar-refractivity contribution in [3.8, 4) is 0 Å². The Balaban J connectivity index is 2.94. The molecule has 0 saturated heterocycles. The Bertz CT molecular complexity index is 326. The third-order valence-corrected chi connectivity index (χ3v) is 2.46. The molecule has 0 aliphatic rings. The van der Waals surface area contributed by atoms with Crippen molar-refractivity contribution in [3.05, 3.63) is 41.5 Å². The Kier molecular flexibility index (Phi) is 3.90. The van der Waals surface area contributed by atoms with E-state index in [0.717, 1.165) is 17.6 Å². The van der Waals surface area contributed by atoms with E-state index in [4.69, 9.17) is 5.11 Å². The van der Waals surface area contributed by atoms with Crippen LogP contribution in [0.3, 0.4) is 0 Å². The van der Waals surface area contributed by atoms with E-state index >= 15 is 0 Å². The minimum atomic E-state index is 0.0343. The quantitative estimate of drug-likeness (QED) is 0.774. The molecule has 0 fully saturated rings. The lowest BCUT2D eigenvalue weighted by Gasteiger charge is -2.08. The van der Waals surface area contributed by atoms with Gasteiger partial charge in [-0.1, -0.05) is 38.1 Å². The van der Waals surface area contributed by atoms with E-state index in [0.29, 0.717) is 0 Å². The average Bonchev–Trinajstić information content (AvgIpc) is 2.20. The molecular weight excluding hydrogens is 172 g/mol. The number of aliphatic hydroxyl groups excluding tert-OH is 1. The number of aliphatic hydroxyl groups is 1. The molecule has 0 bridgehead atoms. The molecule has 0 aromatic heterocycles. The van der Waals surface area contributed by atoms with Gasteiger partial charge in [0, 0.05) is 0 Å². The maximum atomic E-state index is 8.95. The molecule has 1 N–H and O–H groups in total. The van der Waals surface area contributed by atoms with Crippen molar-refractivity contribution >= 4 is 5.57 Å². The molecule has 1 nitrogen and oxygen atoms in total. The van der Waals surface area contributed by atoms with Gasteiger partial charge in [-0.25, -0.2) is 0 Å². The third kappa shape index (κ3) is 2.46. The first-order chi connectivity index (χ1) is 6.69. The molecule has 1 rings (SSSR count). The van der Waals surface area contributed by atoms with Gasteiger partial charge < -0.3 is 5.11 Å². The summed E-state index contributed by atoms with van der Waals surface area (Å²) in [5.41, 5.74) is 4.52. The Morgan fingerprint density at radius 3 is 2.64 bits per heavy atom. The molecule has 0 unspecified atom stereocenters. The van der Waals surface area contributed by atoms with Gasteiger partial charge in [-0.15, -0.1) is 0 Å². The zero-order valence-electron chi connectivity index (χ0n) is 9.01. The molecule has 0 spiro atoms. The monoisotopic (exact) mass is 190 g/mol. The zero-order chi connectivity index (χ0) is 10.6. The van der Waals surface area contributed by atoms with E-state index in [1.165, 1.54) is 17.5 Å². The third-order valence-electron chi connectivity index (χ3n) is 2.46. The van der Waals surface area contributed by atoms with Gasteiger partial charge in [0.25, 0.3) is 0 Å². The van der Waals surface area contributed by atoms with E-state index in [-0.39, 0.29) is 6.61 Å². The molecule has 0 amide bonds. The fourth-order valence-corrected chi connectivity index (χ4v) is 1.56. The van der Waals surface area contributed by atoms with Crippen LogP contribution in [0.5, 0.6) is 0 Å². The molecule has 0 atom stereocenters. The molecule has 1 heteroatoms. The fraction of sp³-hybridized carbons (Fsp3) is 0.385. The van der Waals surface area contributed by atoms with E-state index in [1.54, 1.807) is 0 Å². The lowest BCUT2D eigenvalue weighted by Crippen LogP contribution is -1.93. The van der Waals surface area contributed by atoms with Gasteiger partial charge in [-0.05, 0) is 35.6 Å². The average molecular weight is 190 g/mol. The predicted octanol–water partition coefficient (Wildman–Crippen LogP) is 2.95. The van der Waals surface area contributed by atoms with Crippen LogP contribution in [0.25, 0.3) is 5.57 Å². The summed E-state index contributed by atoms with van der Waals surface area (Å²) in [6.45, 7) is 8.14. The summed E-state index contributed by atoms with van der Waals surface area (Å²) in [5, 5.41) is 8.95. The maximum Gasteiger partial charge on any atom is 0.0681 e. The summed E-state index contributed by atoms with van der Waals surface area (Å²) < 4.78 is 0. The van der Waals surface area contributed by atoms with Crippen LogP contribution in [-0.4, -0.2) is 11.7 Å². The van der Waals surface area contributed by atoms with Crippen molar-refractivity contribution in [2.24, 2.45) is 0 Å². The highest BCUT2D eigenvalue weighted by Gasteiger charge is 2.01. The normalized spacial score (nSPS) is 10.2. The maximum absolute atomic E-state index is 8.95. The molecule has 1 aromatic rings.